The van der Waals surface area contributed by atoms with Gasteiger partial charge in [-0.1, -0.05) is 6.92 Å². The Morgan fingerprint density at radius 1 is 1.62 bits per heavy atom. The Bertz CT molecular complexity index is 310. The molecule has 1 aliphatic carbocycles. The first kappa shape index (κ1) is 9.24. The summed E-state index contributed by atoms with van der Waals surface area (Å²) in [6.07, 6.45) is 5.69. The van der Waals surface area contributed by atoms with E-state index in [1.165, 1.54) is 16.4 Å². The molecule has 0 N–H and O–H groups in total. The molecule has 0 radical (unpaired) electrons. The van der Waals surface area contributed by atoms with E-state index in [4.69, 9.17) is 4.74 Å². The van der Waals surface area contributed by atoms with Crippen molar-refractivity contribution in [3.05, 3.63) is 21.5 Å². The molecule has 13 heavy (non-hydrogen) atoms. The molecular weight excluding hydrogens is 277 g/mol. The van der Waals surface area contributed by atoms with Crippen molar-refractivity contribution < 1.29 is 4.74 Å². The minimum Gasteiger partial charge on any atom is -0.488 e. The molecular formula is C10H12INO. The standard InChI is InChI=1S/C10H12INO/c1-2-7-5-9(11)10(6-12-7)13-8-3-4-8/h5-6,8H,2-4H2,1H3. The summed E-state index contributed by atoms with van der Waals surface area (Å²) >= 11 is 2.31. The lowest BCUT2D eigenvalue weighted by molar-refractivity contribution is 0.299. The molecule has 2 nitrogen and oxygen atoms in total. The molecule has 0 unspecified atom stereocenters. The van der Waals surface area contributed by atoms with Crippen LogP contribution in [0.25, 0.3) is 0 Å². The number of hydrogen-bond donors (Lipinski definition) is 0. The molecule has 0 amide bonds. The molecule has 1 aliphatic rings. The SMILES string of the molecule is CCc1cc(I)c(OC2CC2)cn1. The van der Waals surface area contributed by atoms with Gasteiger partial charge < -0.3 is 4.74 Å². The number of ether oxygens (including phenoxy) is 1. The third kappa shape index (κ3) is 2.33. The molecule has 0 aliphatic heterocycles. The second kappa shape index (κ2) is 3.82. The Morgan fingerprint density at radius 3 is 2.92 bits per heavy atom. The summed E-state index contributed by atoms with van der Waals surface area (Å²) in [6, 6.07) is 2.10. The average molecular weight is 289 g/mol. The molecule has 1 heterocycles. The predicted octanol–water partition coefficient (Wildman–Crippen LogP) is 2.79. The lowest BCUT2D eigenvalue weighted by atomic mass is 10.3. The minimum absolute atomic E-state index is 0.461. The van der Waals surface area contributed by atoms with E-state index in [0.717, 1.165) is 17.9 Å². The highest BCUT2D eigenvalue weighted by molar-refractivity contribution is 14.1. The summed E-state index contributed by atoms with van der Waals surface area (Å²) in [7, 11) is 0. The molecule has 0 aromatic carbocycles. The maximum Gasteiger partial charge on any atom is 0.151 e. The lowest BCUT2D eigenvalue weighted by Gasteiger charge is -2.06. The molecule has 0 bridgehead atoms. The summed E-state index contributed by atoms with van der Waals surface area (Å²) in [5.41, 5.74) is 1.13. The highest BCUT2D eigenvalue weighted by Crippen LogP contribution is 2.29. The first-order chi connectivity index (χ1) is 6.29. The maximum atomic E-state index is 5.69. The van der Waals surface area contributed by atoms with Crippen LogP contribution in [-0.4, -0.2) is 11.1 Å². The first-order valence-corrected chi connectivity index (χ1v) is 5.68. The van der Waals surface area contributed by atoms with Gasteiger partial charge in [-0.3, -0.25) is 4.98 Å². The van der Waals surface area contributed by atoms with Crippen molar-refractivity contribution in [3.8, 4) is 5.75 Å². The normalized spacial score (nSPS) is 15.8. The van der Waals surface area contributed by atoms with Gasteiger partial charge in [-0.25, -0.2) is 0 Å². The third-order valence-electron chi connectivity index (χ3n) is 2.06. The fraction of sp³-hybridized carbons (Fsp3) is 0.500. The van der Waals surface area contributed by atoms with Gasteiger partial charge in [0.15, 0.2) is 5.75 Å². The number of rotatable bonds is 3. The van der Waals surface area contributed by atoms with Crippen molar-refractivity contribution in [1.29, 1.82) is 0 Å². The van der Waals surface area contributed by atoms with Gasteiger partial charge in [-0.2, -0.15) is 0 Å². The summed E-state index contributed by atoms with van der Waals surface area (Å²) in [6.45, 7) is 2.11. The Labute approximate surface area is 91.8 Å². The van der Waals surface area contributed by atoms with E-state index in [-0.39, 0.29) is 0 Å². The average Bonchev–Trinajstić information content (AvgIpc) is 2.92. The van der Waals surface area contributed by atoms with Crippen molar-refractivity contribution in [2.24, 2.45) is 0 Å². The molecule has 3 heteroatoms. The molecule has 0 saturated heterocycles. The highest BCUT2D eigenvalue weighted by Gasteiger charge is 2.24. The molecule has 0 atom stereocenters. The summed E-state index contributed by atoms with van der Waals surface area (Å²) < 4.78 is 6.86. The van der Waals surface area contributed by atoms with Crippen molar-refractivity contribution in [3.63, 3.8) is 0 Å². The van der Waals surface area contributed by atoms with E-state index in [1.54, 1.807) is 0 Å². The number of pyridine rings is 1. The smallest absolute Gasteiger partial charge is 0.151 e. The Balaban J connectivity index is 2.15. The third-order valence-corrected chi connectivity index (χ3v) is 2.90. The zero-order valence-corrected chi connectivity index (χ0v) is 9.74. The number of nitrogens with zero attached hydrogens (tertiary/aromatic N) is 1. The minimum atomic E-state index is 0.461. The van der Waals surface area contributed by atoms with E-state index in [2.05, 4.69) is 40.6 Å². The Kier molecular flexibility index (Phi) is 2.71. The Morgan fingerprint density at radius 2 is 2.38 bits per heavy atom. The fourth-order valence-corrected chi connectivity index (χ4v) is 1.73. The number of aromatic nitrogens is 1. The van der Waals surface area contributed by atoms with Gasteiger partial charge in [0.05, 0.1) is 15.9 Å². The summed E-state index contributed by atoms with van der Waals surface area (Å²) in [5, 5.41) is 0. The van der Waals surface area contributed by atoms with Crippen molar-refractivity contribution in [2.45, 2.75) is 32.3 Å². The van der Waals surface area contributed by atoms with Crippen LogP contribution in [0.2, 0.25) is 0 Å². The molecule has 1 aromatic rings. The van der Waals surface area contributed by atoms with E-state index in [0.29, 0.717) is 6.10 Å². The zero-order valence-electron chi connectivity index (χ0n) is 7.59. The lowest BCUT2D eigenvalue weighted by Crippen LogP contribution is -1.99. The number of hydrogen-bond acceptors (Lipinski definition) is 2. The number of halogens is 1. The van der Waals surface area contributed by atoms with E-state index in [1.807, 2.05) is 6.20 Å². The van der Waals surface area contributed by atoms with Crippen LogP contribution in [0.3, 0.4) is 0 Å². The van der Waals surface area contributed by atoms with Crippen LogP contribution in [0.1, 0.15) is 25.5 Å². The Hall–Kier alpha value is -0.320. The highest BCUT2D eigenvalue weighted by atomic mass is 127. The predicted molar refractivity (Wildman–Crippen MR) is 60.0 cm³/mol. The van der Waals surface area contributed by atoms with Gasteiger partial charge in [0.25, 0.3) is 0 Å². The molecule has 1 fully saturated rings. The molecule has 1 saturated carbocycles. The van der Waals surface area contributed by atoms with Gasteiger partial charge in [0.1, 0.15) is 0 Å². The maximum absolute atomic E-state index is 5.69. The molecule has 2 rings (SSSR count). The van der Waals surface area contributed by atoms with Crippen LogP contribution in [0.15, 0.2) is 12.3 Å². The topological polar surface area (TPSA) is 22.1 Å². The summed E-state index contributed by atoms with van der Waals surface area (Å²) in [4.78, 5) is 4.31. The van der Waals surface area contributed by atoms with Gasteiger partial charge >= 0.3 is 0 Å². The molecule has 0 spiro atoms. The van der Waals surface area contributed by atoms with Crippen LogP contribution in [-0.2, 0) is 6.42 Å². The van der Waals surface area contributed by atoms with Crippen molar-refractivity contribution in [2.75, 3.05) is 0 Å². The quantitative estimate of drug-likeness (QED) is 0.798. The van der Waals surface area contributed by atoms with E-state index < -0.39 is 0 Å². The first-order valence-electron chi connectivity index (χ1n) is 4.60. The monoisotopic (exact) mass is 289 g/mol. The second-order valence-electron chi connectivity index (χ2n) is 3.28. The van der Waals surface area contributed by atoms with Gasteiger partial charge in [0, 0.05) is 5.69 Å². The largest absolute Gasteiger partial charge is 0.488 e. The molecule has 1 aromatic heterocycles. The van der Waals surface area contributed by atoms with E-state index in [9.17, 15) is 0 Å². The van der Waals surface area contributed by atoms with Crippen LogP contribution >= 0.6 is 22.6 Å². The number of aryl methyl sites for hydroxylation is 1. The summed E-state index contributed by atoms with van der Waals surface area (Å²) in [5.74, 6) is 0.945. The van der Waals surface area contributed by atoms with Gasteiger partial charge in [0.2, 0.25) is 0 Å². The zero-order chi connectivity index (χ0) is 9.26. The van der Waals surface area contributed by atoms with Gasteiger partial charge in [-0.15, -0.1) is 0 Å². The van der Waals surface area contributed by atoms with Gasteiger partial charge in [-0.05, 0) is 47.9 Å². The van der Waals surface area contributed by atoms with Crippen LogP contribution < -0.4 is 4.74 Å². The van der Waals surface area contributed by atoms with Crippen LogP contribution in [0.5, 0.6) is 5.75 Å². The van der Waals surface area contributed by atoms with Crippen molar-refractivity contribution >= 4 is 22.6 Å². The molecule has 70 valence electrons. The fourth-order valence-electron chi connectivity index (χ4n) is 1.10. The van der Waals surface area contributed by atoms with Crippen LogP contribution in [0, 0.1) is 3.57 Å². The second-order valence-corrected chi connectivity index (χ2v) is 4.44. The van der Waals surface area contributed by atoms with Crippen LogP contribution in [0.4, 0.5) is 0 Å². The van der Waals surface area contributed by atoms with E-state index >= 15 is 0 Å². The van der Waals surface area contributed by atoms with Crippen molar-refractivity contribution in [1.82, 2.24) is 4.98 Å².